The number of hydrogen-bond acceptors (Lipinski definition) is 1. The van der Waals surface area contributed by atoms with Crippen LogP contribution in [0.4, 0.5) is 5.69 Å². The first-order valence-electron chi connectivity index (χ1n) is 5.89. The minimum atomic E-state index is 0.499. The Morgan fingerprint density at radius 3 is 2.56 bits per heavy atom. The van der Waals surface area contributed by atoms with Crippen LogP contribution in [-0.2, 0) is 0 Å². The topological polar surface area (TPSA) is 12.0 Å². The van der Waals surface area contributed by atoms with E-state index < -0.39 is 0 Å². The zero-order valence-electron chi connectivity index (χ0n) is 9.89. The molecule has 90 valence electrons. The van der Waals surface area contributed by atoms with Crippen molar-refractivity contribution < 1.29 is 0 Å². The molecule has 1 aromatic carbocycles. The maximum absolute atomic E-state index is 6.12. The number of benzene rings is 1. The molecule has 0 aromatic heterocycles. The second-order valence-corrected chi connectivity index (χ2v) is 4.86. The van der Waals surface area contributed by atoms with Gasteiger partial charge in [-0.25, -0.2) is 0 Å². The van der Waals surface area contributed by atoms with E-state index in [0.717, 1.165) is 12.1 Å². The number of halogens is 2. The van der Waals surface area contributed by atoms with Crippen molar-refractivity contribution in [1.82, 2.24) is 0 Å². The van der Waals surface area contributed by atoms with E-state index in [4.69, 9.17) is 23.2 Å². The van der Waals surface area contributed by atoms with Crippen LogP contribution in [0, 0.1) is 0 Å². The van der Waals surface area contributed by atoms with Gasteiger partial charge in [-0.3, -0.25) is 0 Å². The van der Waals surface area contributed by atoms with Gasteiger partial charge < -0.3 is 5.32 Å². The van der Waals surface area contributed by atoms with Gasteiger partial charge in [-0.05, 0) is 31.0 Å². The molecule has 1 N–H and O–H groups in total. The molecular weight excluding hydrogens is 241 g/mol. The third-order valence-corrected chi connectivity index (χ3v) is 3.24. The highest BCUT2D eigenvalue weighted by atomic mass is 35.5. The lowest BCUT2D eigenvalue weighted by Gasteiger charge is -2.19. The molecule has 1 atom stereocenters. The molecule has 1 unspecified atom stereocenters. The number of unbranched alkanes of at least 4 members (excludes halogenated alkanes) is 1. The third-order valence-electron chi connectivity index (χ3n) is 2.69. The largest absolute Gasteiger partial charge is 0.381 e. The molecule has 1 nitrogen and oxygen atoms in total. The van der Waals surface area contributed by atoms with Crippen LogP contribution in [0.3, 0.4) is 0 Å². The predicted molar refractivity (Wildman–Crippen MR) is 73.7 cm³/mol. The molecule has 0 aliphatic rings. The van der Waals surface area contributed by atoms with E-state index in [1.165, 1.54) is 19.3 Å². The van der Waals surface area contributed by atoms with Gasteiger partial charge in [0.2, 0.25) is 0 Å². The summed E-state index contributed by atoms with van der Waals surface area (Å²) in [7, 11) is 0. The molecule has 3 heteroatoms. The lowest BCUT2D eigenvalue weighted by Crippen LogP contribution is -2.18. The van der Waals surface area contributed by atoms with Crippen molar-refractivity contribution in [3.05, 3.63) is 28.2 Å². The number of anilines is 1. The molecule has 0 fully saturated rings. The van der Waals surface area contributed by atoms with Crippen LogP contribution in [-0.4, -0.2) is 6.04 Å². The highest BCUT2D eigenvalue weighted by molar-refractivity contribution is 6.36. The fourth-order valence-corrected chi connectivity index (χ4v) is 2.12. The van der Waals surface area contributed by atoms with Crippen LogP contribution in [0.2, 0.25) is 10.0 Å². The van der Waals surface area contributed by atoms with Gasteiger partial charge >= 0.3 is 0 Å². The Labute approximate surface area is 108 Å². The van der Waals surface area contributed by atoms with Gasteiger partial charge in [-0.2, -0.15) is 0 Å². The van der Waals surface area contributed by atoms with Crippen molar-refractivity contribution in [2.24, 2.45) is 0 Å². The Hall–Kier alpha value is -0.400. The molecule has 1 rings (SSSR count). The summed E-state index contributed by atoms with van der Waals surface area (Å²) in [6.45, 7) is 4.40. The fraction of sp³-hybridized carbons (Fsp3) is 0.538. The van der Waals surface area contributed by atoms with Crippen LogP contribution >= 0.6 is 23.2 Å². The molecule has 0 aliphatic heterocycles. The maximum Gasteiger partial charge on any atom is 0.0652 e. The molecule has 0 saturated heterocycles. The average molecular weight is 260 g/mol. The van der Waals surface area contributed by atoms with Gasteiger partial charge in [0.25, 0.3) is 0 Å². The molecule has 0 heterocycles. The molecular formula is C13H19Cl2N. The first-order valence-corrected chi connectivity index (χ1v) is 6.64. The minimum Gasteiger partial charge on any atom is -0.381 e. The minimum absolute atomic E-state index is 0.499. The van der Waals surface area contributed by atoms with Gasteiger partial charge in [0, 0.05) is 11.1 Å². The van der Waals surface area contributed by atoms with E-state index in [1.807, 2.05) is 12.1 Å². The molecule has 0 saturated carbocycles. The van der Waals surface area contributed by atoms with Crippen molar-refractivity contribution in [2.45, 2.75) is 45.6 Å². The standard InChI is InChI=1S/C13H19Cl2N/c1-3-5-6-11(4-2)16-13-8-7-10(14)9-12(13)15/h7-9,11,16H,3-6H2,1-2H3. The second kappa shape index (κ2) is 7.03. The van der Waals surface area contributed by atoms with Gasteiger partial charge in [-0.1, -0.05) is 49.9 Å². The number of hydrogen-bond donors (Lipinski definition) is 1. The Morgan fingerprint density at radius 2 is 2.00 bits per heavy atom. The zero-order chi connectivity index (χ0) is 12.0. The summed E-state index contributed by atoms with van der Waals surface area (Å²) in [5.41, 5.74) is 0.981. The summed E-state index contributed by atoms with van der Waals surface area (Å²) in [6, 6.07) is 6.08. The first kappa shape index (κ1) is 13.7. The third kappa shape index (κ3) is 4.23. The zero-order valence-corrected chi connectivity index (χ0v) is 11.4. The van der Waals surface area contributed by atoms with Crippen LogP contribution in [0.15, 0.2) is 18.2 Å². The Kier molecular flexibility index (Phi) is 6.00. The Bertz CT molecular complexity index is 326. The maximum atomic E-state index is 6.12. The lowest BCUT2D eigenvalue weighted by atomic mass is 10.1. The summed E-state index contributed by atoms with van der Waals surface area (Å²) in [5, 5.41) is 4.84. The molecule has 0 amide bonds. The highest BCUT2D eigenvalue weighted by Gasteiger charge is 2.08. The average Bonchev–Trinajstić information content (AvgIpc) is 2.27. The molecule has 0 spiro atoms. The van der Waals surface area contributed by atoms with Crippen LogP contribution < -0.4 is 5.32 Å². The van der Waals surface area contributed by atoms with Gasteiger partial charge in [0.05, 0.1) is 10.7 Å². The highest BCUT2D eigenvalue weighted by Crippen LogP contribution is 2.26. The van der Waals surface area contributed by atoms with E-state index in [9.17, 15) is 0 Å². The van der Waals surface area contributed by atoms with Crippen molar-refractivity contribution >= 4 is 28.9 Å². The molecule has 1 aromatic rings. The van der Waals surface area contributed by atoms with Crippen LogP contribution in [0.5, 0.6) is 0 Å². The summed E-state index contributed by atoms with van der Waals surface area (Å²) in [6.07, 6.45) is 4.77. The van der Waals surface area contributed by atoms with E-state index in [1.54, 1.807) is 6.07 Å². The predicted octanol–water partition coefficient (Wildman–Crippen LogP) is 5.37. The summed E-state index contributed by atoms with van der Waals surface area (Å²) < 4.78 is 0. The SMILES string of the molecule is CCCCC(CC)Nc1ccc(Cl)cc1Cl. The lowest BCUT2D eigenvalue weighted by molar-refractivity contribution is 0.593. The van der Waals surface area contributed by atoms with Gasteiger partial charge in [-0.15, -0.1) is 0 Å². The fourth-order valence-electron chi connectivity index (χ4n) is 1.66. The summed E-state index contributed by atoms with van der Waals surface area (Å²) >= 11 is 12.0. The second-order valence-electron chi connectivity index (χ2n) is 4.02. The molecule has 0 radical (unpaired) electrons. The molecule has 16 heavy (non-hydrogen) atoms. The van der Waals surface area contributed by atoms with Crippen molar-refractivity contribution in [1.29, 1.82) is 0 Å². The summed E-state index contributed by atoms with van der Waals surface area (Å²) in [4.78, 5) is 0. The molecule has 0 bridgehead atoms. The van der Waals surface area contributed by atoms with Crippen molar-refractivity contribution in [3.63, 3.8) is 0 Å². The normalized spacial score (nSPS) is 12.5. The number of nitrogens with one attached hydrogen (secondary N) is 1. The van der Waals surface area contributed by atoms with E-state index >= 15 is 0 Å². The van der Waals surface area contributed by atoms with E-state index in [2.05, 4.69) is 19.2 Å². The van der Waals surface area contributed by atoms with Crippen molar-refractivity contribution in [2.75, 3.05) is 5.32 Å². The van der Waals surface area contributed by atoms with Crippen LogP contribution in [0.1, 0.15) is 39.5 Å². The quantitative estimate of drug-likeness (QED) is 0.724. The summed E-state index contributed by atoms with van der Waals surface area (Å²) in [5.74, 6) is 0. The van der Waals surface area contributed by atoms with Crippen molar-refractivity contribution in [3.8, 4) is 0 Å². The first-order chi connectivity index (χ1) is 7.67. The van der Waals surface area contributed by atoms with E-state index in [0.29, 0.717) is 16.1 Å². The Balaban J connectivity index is 2.62. The van der Waals surface area contributed by atoms with Gasteiger partial charge in [0.15, 0.2) is 0 Å². The monoisotopic (exact) mass is 259 g/mol. The van der Waals surface area contributed by atoms with E-state index in [-0.39, 0.29) is 0 Å². The Morgan fingerprint density at radius 1 is 1.25 bits per heavy atom. The van der Waals surface area contributed by atoms with Gasteiger partial charge in [0.1, 0.15) is 0 Å². The van der Waals surface area contributed by atoms with Crippen LogP contribution in [0.25, 0.3) is 0 Å². The molecule has 0 aliphatic carbocycles. The number of rotatable bonds is 6. The smallest absolute Gasteiger partial charge is 0.0652 e.